The monoisotopic (exact) mass is 1890 g/mol. The molecule has 0 heterocycles. The van der Waals surface area contributed by atoms with E-state index in [1.165, 1.54) is 33.0 Å². The van der Waals surface area contributed by atoms with Gasteiger partial charge in [0.2, 0.25) is 0 Å². The van der Waals surface area contributed by atoms with Gasteiger partial charge in [0.1, 0.15) is 0 Å². The summed E-state index contributed by atoms with van der Waals surface area (Å²) >= 11 is 0. The van der Waals surface area contributed by atoms with Crippen LogP contribution in [0.25, 0.3) is 119 Å². The van der Waals surface area contributed by atoms with Crippen molar-refractivity contribution in [1.82, 2.24) is 0 Å². The fourth-order valence-electron chi connectivity index (χ4n) is 17.3. The lowest BCUT2D eigenvalue weighted by Crippen LogP contribution is -2.25. The summed E-state index contributed by atoms with van der Waals surface area (Å²) in [6, 6.07) is 165. The Morgan fingerprint density at radius 1 is 0.162 bits per heavy atom. The first-order valence-electron chi connectivity index (χ1n) is 48.2. The third kappa shape index (κ3) is 25.1. The van der Waals surface area contributed by atoms with Crippen LogP contribution in [0.5, 0.6) is 0 Å². The van der Waals surface area contributed by atoms with Crippen molar-refractivity contribution in [2.24, 2.45) is 0 Å². The lowest BCUT2D eigenvalue weighted by Gasteiger charge is -2.21. The summed E-state index contributed by atoms with van der Waals surface area (Å²) in [7, 11) is -9.51. The maximum Gasteiger partial charge on any atom is 0.171 e. The first-order chi connectivity index (χ1) is 69.4. The van der Waals surface area contributed by atoms with E-state index in [0.29, 0.717) is 0 Å². The maximum absolute atomic E-state index is 15.5. The van der Waals surface area contributed by atoms with E-state index in [4.69, 9.17) is 0 Å². The highest BCUT2D eigenvalue weighted by Gasteiger charge is 2.33. The zero-order chi connectivity index (χ0) is 97.9. The molecule has 0 aromatic heterocycles. The van der Waals surface area contributed by atoms with Crippen molar-refractivity contribution >= 4 is 188 Å². The molecule has 0 atom stereocenters. The van der Waals surface area contributed by atoms with E-state index in [2.05, 4.69) is 418 Å². The predicted octanol–water partition coefficient (Wildman–Crippen LogP) is 32.8. The van der Waals surface area contributed by atoms with Crippen LogP contribution in [0.4, 0.5) is 0 Å². The normalized spacial score (nSPS) is 12.2. The maximum atomic E-state index is 15.5. The van der Waals surface area contributed by atoms with Crippen molar-refractivity contribution in [1.29, 1.82) is 0 Å². The van der Waals surface area contributed by atoms with Gasteiger partial charge >= 0.3 is 0 Å². The molecule has 0 saturated heterocycles. The molecule has 3 nitrogen and oxygen atoms in total. The second-order valence-electron chi connectivity index (χ2n) is 35.9. The first kappa shape index (κ1) is 97.4. The van der Waals surface area contributed by atoms with Crippen LogP contribution in [0.15, 0.2) is 485 Å². The van der Waals surface area contributed by atoms with Gasteiger partial charge in [0.25, 0.3) is 0 Å². The number of benzene rings is 19. The van der Waals surface area contributed by atoms with E-state index in [1.54, 1.807) is 0 Å². The molecule has 0 aliphatic rings. The Morgan fingerprint density at radius 2 is 0.331 bits per heavy atom. The third-order valence-electron chi connectivity index (χ3n) is 25.6. The van der Waals surface area contributed by atoms with Crippen molar-refractivity contribution in [3.8, 4) is 0 Å². The van der Waals surface area contributed by atoms with Crippen molar-refractivity contribution in [3.05, 3.63) is 602 Å². The van der Waals surface area contributed by atoms with Gasteiger partial charge in [-0.15, -0.1) is 0 Å². The Morgan fingerprint density at radius 3 is 0.556 bits per heavy atom. The largest absolute Gasteiger partial charge is 0.309 e. The molecule has 6 heteroatoms. The second-order valence-corrected chi connectivity index (χ2v) is 44.2. The highest BCUT2D eigenvalue weighted by Crippen LogP contribution is 2.46. The van der Waals surface area contributed by atoms with Gasteiger partial charge in [-0.2, -0.15) is 0 Å². The van der Waals surface area contributed by atoms with Crippen molar-refractivity contribution in [2.45, 2.75) is 41.5 Å². The fourth-order valence-corrected chi connectivity index (χ4v) is 25.1. The van der Waals surface area contributed by atoms with E-state index in [1.807, 2.05) is 200 Å². The minimum Gasteiger partial charge on any atom is -0.309 e. The molecule has 0 aliphatic carbocycles. The van der Waals surface area contributed by atoms with Gasteiger partial charge in [-0.3, -0.25) is 0 Å². The quantitative estimate of drug-likeness (QED) is 0.0381. The Labute approximate surface area is 839 Å². The van der Waals surface area contributed by atoms with E-state index >= 15 is 13.7 Å². The van der Waals surface area contributed by atoms with Crippen LogP contribution >= 0.6 is 21.4 Å². The summed E-state index contributed by atoms with van der Waals surface area (Å²) in [5, 5.41) is 9.79. The molecule has 19 aromatic rings. The number of fused-ring (bicyclic) bond motifs is 1. The molecule has 0 bridgehead atoms. The van der Waals surface area contributed by atoms with Gasteiger partial charge in [0.15, 0.2) is 21.4 Å². The second kappa shape index (κ2) is 47.0. The molecular formula is C136H113O3P3. The lowest BCUT2D eigenvalue weighted by atomic mass is 10.0. The topological polar surface area (TPSA) is 51.2 Å². The summed E-state index contributed by atoms with van der Waals surface area (Å²) in [6.45, 7) is 12.6. The first-order valence-corrected chi connectivity index (χ1v) is 53.4. The molecule has 19 aromatic carbocycles. The summed E-state index contributed by atoms with van der Waals surface area (Å²) in [5.41, 5.74) is 27.3. The lowest BCUT2D eigenvalue weighted by molar-refractivity contribution is 0.591. The van der Waals surface area contributed by atoms with Crippen LogP contribution in [-0.2, 0) is 13.7 Å². The molecule has 0 aliphatic heterocycles. The molecule has 0 fully saturated rings. The molecule has 0 amide bonds. The van der Waals surface area contributed by atoms with Gasteiger partial charge in [0.05, 0.1) is 0 Å². The van der Waals surface area contributed by atoms with Gasteiger partial charge in [-0.05, 0) is 169 Å². The Kier molecular flexibility index (Phi) is 32.2. The molecule has 0 saturated carbocycles. The molecule has 0 spiro atoms. The van der Waals surface area contributed by atoms with E-state index < -0.39 is 21.4 Å². The average Bonchev–Trinajstić information content (AvgIpc) is 0.766. The van der Waals surface area contributed by atoms with Crippen molar-refractivity contribution < 1.29 is 13.7 Å². The molecule has 0 radical (unpaired) electrons. The number of allylic oxidation sites excluding steroid dienone is 3. The predicted molar refractivity (Wildman–Crippen MR) is 621 cm³/mol. The van der Waals surface area contributed by atoms with Crippen LogP contribution in [0.2, 0.25) is 0 Å². The minimum absolute atomic E-state index is 0.810. The van der Waals surface area contributed by atoms with Crippen LogP contribution in [0.1, 0.15) is 138 Å². The highest BCUT2D eigenvalue weighted by molar-refractivity contribution is 7.86. The Balaban J connectivity index is 0.000000147. The molecular weight excluding hydrogens is 1770 g/mol. The van der Waals surface area contributed by atoms with Crippen LogP contribution in [0.3, 0.4) is 0 Å². The molecule has 19 rings (SSSR count). The summed E-state index contributed by atoms with van der Waals surface area (Å²) in [6.07, 6.45) is 31.8. The van der Waals surface area contributed by atoms with Gasteiger partial charge in [-0.25, -0.2) is 0 Å². The van der Waals surface area contributed by atoms with Crippen LogP contribution < -0.4 is 47.7 Å². The molecule has 0 N–H and O–H groups in total. The highest BCUT2D eigenvalue weighted by atomic mass is 31.2. The zero-order valence-corrected chi connectivity index (χ0v) is 83.6. The van der Waals surface area contributed by atoms with Crippen LogP contribution in [0, 0.1) is 20.8 Å². The summed E-state index contributed by atoms with van der Waals surface area (Å²) in [5.74, 6) is 0. The summed E-state index contributed by atoms with van der Waals surface area (Å²) in [4.78, 5) is 0. The smallest absolute Gasteiger partial charge is 0.171 e. The Hall–Kier alpha value is -16.2. The van der Waals surface area contributed by atoms with E-state index in [-0.39, 0.29) is 0 Å². The minimum atomic E-state index is -3.18. The average molecular weight is 1890 g/mol. The third-order valence-corrected chi connectivity index (χ3v) is 34.8. The molecule has 142 heavy (non-hydrogen) atoms. The van der Waals surface area contributed by atoms with Gasteiger partial charge < -0.3 is 13.7 Å². The van der Waals surface area contributed by atoms with Crippen molar-refractivity contribution in [2.75, 3.05) is 0 Å². The number of hydrogen-bond donors (Lipinski definition) is 0. The van der Waals surface area contributed by atoms with Gasteiger partial charge in [-0.1, -0.05) is 593 Å². The number of aryl methyl sites for hydroxylation is 3. The van der Waals surface area contributed by atoms with E-state index in [9.17, 15) is 0 Å². The van der Waals surface area contributed by atoms with Crippen LogP contribution in [-0.4, -0.2) is 0 Å². The van der Waals surface area contributed by atoms with Crippen molar-refractivity contribution in [3.63, 3.8) is 0 Å². The number of rotatable bonds is 27. The fraction of sp³-hybridized carbons (Fsp3) is 0.0441. The SMILES string of the molecule is C/C(=C\c1ccccc1)c1ccc(P(=O)(c2ccc(/C(C)=C/c3ccccc3)cc2)c2ccc(/C(C)=C/c3ccccc3)cc2)cc1.Cc1ccc(/C=C/c2ccc(P(=O)(c3ccc(/C=C/c4ccc(C)cc4)cc3)c3ccc(/C=C/c4ccc(C)cc4)cc3)cc2)cc1.O=P(c1ccc(/C=C/c2ccccc2)cc1)(c1ccc(/C=C/c2ccccc2)cc1)c1ccc(/C=C/c2cccc3ccccc23)cc1. The van der Waals surface area contributed by atoms with Gasteiger partial charge in [0, 0.05) is 47.7 Å². The zero-order valence-electron chi connectivity index (χ0n) is 80.9. The van der Waals surface area contributed by atoms with E-state index in [0.717, 1.165) is 159 Å². The standard InChI is InChI=1S/C46H35OP.2C45H39OP/c47-48(43-30-23-38(24-31-43)20-18-36-10-3-1-4-11-36,44-32-25-39(26-33-44)21-19-37-12-5-2-6-13-37)45-34-27-40(28-35-45)22-29-42-16-9-15-41-14-7-8-17-46(41)42;1-34-4-10-37(11-5-34)16-19-40-22-28-43(29-23-40)47(46,44-30-24-41(25-31-44)20-17-38-12-6-35(2)7-13-38)45-32-26-42(27-33-45)21-18-39-14-8-36(3)9-15-39;1-34(31-37-13-7-4-8-14-37)40-19-25-43(26-20-40)47(46,44-27-21-41(22-28-44)35(2)32-38-15-9-5-10-16-38)45-29-23-42(24-30-45)36(3)33-39-17-11-6-12-18-39/h1-35H;2*4-33H,1-3H3/b20-18+,21-19+,29-22+;19-16+,20-17+,21-18+;34-31+,35-32+,36-33+. The Bertz CT molecular complexity index is 7310. The molecule has 690 valence electrons. The number of hydrogen-bond acceptors (Lipinski definition) is 3. The molecule has 0 unspecified atom stereocenters. The summed E-state index contributed by atoms with van der Waals surface area (Å²) < 4.78 is 46.2.